The van der Waals surface area contributed by atoms with Crippen molar-refractivity contribution in [3.63, 3.8) is 0 Å². The Balaban J connectivity index is 2.22. The van der Waals surface area contributed by atoms with Crippen LogP contribution in [-0.4, -0.2) is 4.98 Å². The van der Waals surface area contributed by atoms with Crippen molar-refractivity contribution in [2.24, 2.45) is 0 Å². The van der Waals surface area contributed by atoms with Crippen LogP contribution in [0.2, 0.25) is 0 Å². The molecule has 1 N–H and O–H groups in total. The largest absolute Gasteiger partial charge is 0.361 e. The second-order valence-electron chi connectivity index (χ2n) is 3.06. The molecule has 0 unspecified atom stereocenters. The molecule has 0 amide bonds. The molecule has 0 saturated carbocycles. The molecule has 0 radical (unpaired) electrons. The van der Waals surface area contributed by atoms with Crippen LogP contribution in [0.5, 0.6) is 0 Å². The van der Waals surface area contributed by atoms with Crippen LogP contribution in [0.25, 0.3) is 5.57 Å². The van der Waals surface area contributed by atoms with E-state index in [-0.39, 0.29) is 0 Å². The highest BCUT2D eigenvalue weighted by Gasteiger charge is 2.05. The summed E-state index contributed by atoms with van der Waals surface area (Å²) in [5.74, 6) is 0. The lowest BCUT2D eigenvalue weighted by atomic mass is 9.97. The average molecular weight is 147 g/mol. The summed E-state index contributed by atoms with van der Waals surface area (Å²) in [4.78, 5) is 3.24. The summed E-state index contributed by atoms with van der Waals surface area (Å²) < 4.78 is 0. The first kappa shape index (κ1) is 6.71. The van der Waals surface area contributed by atoms with Crippen molar-refractivity contribution in [1.82, 2.24) is 4.98 Å². The normalized spacial score (nSPS) is 18.0. The van der Waals surface area contributed by atoms with E-state index in [2.05, 4.69) is 23.2 Å². The summed E-state index contributed by atoms with van der Waals surface area (Å²) >= 11 is 0. The third-order valence-corrected chi connectivity index (χ3v) is 2.23. The highest BCUT2D eigenvalue weighted by molar-refractivity contribution is 5.63. The second kappa shape index (κ2) is 2.95. The van der Waals surface area contributed by atoms with Gasteiger partial charge in [0.15, 0.2) is 0 Å². The minimum absolute atomic E-state index is 1.25. The van der Waals surface area contributed by atoms with E-state index in [4.69, 9.17) is 0 Å². The Bertz CT molecular complexity index is 244. The molecule has 0 fully saturated rings. The lowest BCUT2D eigenvalue weighted by molar-refractivity contribution is 0.740. The van der Waals surface area contributed by atoms with Gasteiger partial charge >= 0.3 is 0 Å². The van der Waals surface area contributed by atoms with E-state index < -0.39 is 0 Å². The minimum Gasteiger partial charge on any atom is -0.361 e. The van der Waals surface area contributed by atoms with Crippen molar-refractivity contribution < 1.29 is 0 Å². The van der Waals surface area contributed by atoms with Crippen molar-refractivity contribution in [1.29, 1.82) is 0 Å². The molecule has 1 aliphatic carbocycles. The molecule has 0 aromatic carbocycles. The predicted molar refractivity (Wildman–Crippen MR) is 47.2 cm³/mol. The molecule has 11 heavy (non-hydrogen) atoms. The Hall–Kier alpha value is -0.980. The molecule has 58 valence electrons. The molecule has 2 rings (SSSR count). The molecule has 0 atom stereocenters. The molecule has 1 aromatic heterocycles. The SMILES string of the molecule is C1=C(c2ccc[nH]2)CCCC1. The maximum atomic E-state index is 3.24. The van der Waals surface area contributed by atoms with Gasteiger partial charge in [-0.15, -0.1) is 0 Å². The van der Waals surface area contributed by atoms with Crippen LogP contribution in [0.3, 0.4) is 0 Å². The van der Waals surface area contributed by atoms with Gasteiger partial charge in [-0.3, -0.25) is 0 Å². The van der Waals surface area contributed by atoms with Crippen LogP contribution < -0.4 is 0 Å². The summed E-state index contributed by atoms with van der Waals surface area (Å²) in [5, 5.41) is 0. The number of H-pyrrole nitrogens is 1. The molecule has 1 aromatic rings. The summed E-state index contributed by atoms with van der Waals surface area (Å²) in [5.41, 5.74) is 2.81. The molecule has 0 bridgehead atoms. The van der Waals surface area contributed by atoms with Gasteiger partial charge in [0.1, 0.15) is 0 Å². The van der Waals surface area contributed by atoms with E-state index in [9.17, 15) is 0 Å². The van der Waals surface area contributed by atoms with Crippen molar-refractivity contribution in [3.05, 3.63) is 30.1 Å². The number of hydrogen-bond donors (Lipinski definition) is 1. The van der Waals surface area contributed by atoms with Gasteiger partial charge in [-0.2, -0.15) is 0 Å². The fraction of sp³-hybridized carbons (Fsp3) is 0.400. The first-order valence-electron chi connectivity index (χ1n) is 4.29. The average Bonchev–Trinajstić information content (AvgIpc) is 2.58. The molecular weight excluding hydrogens is 134 g/mol. The zero-order valence-corrected chi connectivity index (χ0v) is 6.64. The standard InChI is InChI=1S/C10H13N/c1-2-5-9(6-3-1)10-7-4-8-11-10/h4-5,7-8,11H,1-3,6H2. The quantitative estimate of drug-likeness (QED) is 0.628. The molecule has 0 aliphatic heterocycles. The Morgan fingerprint density at radius 2 is 2.27 bits per heavy atom. The lowest BCUT2D eigenvalue weighted by Crippen LogP contribution is -1.91. The van der Waals surface area contributed by atoms with Gasteiger partial charge in [0.05, 0.1) is 0 Å². The third kappa shape index (κ3) is 1.37. The molecule has 1 heteroatoms. The summed E-state index contributed by atoms with van der Waals surface area (Å²) in [7, 11) is 0. The van der Waals surface area contributed by atoms with Crippen LogP contribution in [-0.2, 0) is 0 Å². The van der Waals surface area contributed by atoms with Crippen molar-refractivity contribution in [3.8, 4) is 0 Å². The second-order valence-corrected chi connectivity index (χ2v) is 3.06. The van der Waals surface area contributed by atoms with E-state index in [1.165, 1.54) is 37.0 Å². The number of rotatable bonds is 1. The van der Waals surface area contributed by atoms with E-state index in [1.54, 1.807) is 0 Å². The first-order chi connectivity index (χ1) is 5.47. The Morgan fingerprint density at radius 1 is 1.27 bits per heavy atom. The molecule has 1 aliphatic rings. The summed E-state index contributed by atoms with van der Waals surface area (Å²) in [6.07, 6.45) is 9.57. The van der Waals surface area contributed by atoms with Gasteiger partial charge in [-0.1, -0.05) is 6.08 Å². The van der Waals surface area contributed by atoms with Crippen LogP contribution in [0.15, 0.2) is 24.4 Å². The molecule has 1 nitrogen and oxygen atoms in total. The number of aromatic amines is 1. The zero-order valence-electron chi connectivity index (χ0n) is 6.64. The van der Waals surface area contributed by atoms with Crippen LogP contribution >= 0.6 is 0 Å². The van der Waals surface area contributed by atoms with Gasteiger partial charge in [-0.05, 0) is 43.4 Å². The Kier molecular flexibility index (Phi) is 1.80. The highest BCUT2D eigenvalue weighted by atomic mass is 14.7. The lowest BCUT2D eigenvalue weighted by Gasteiger charge is -2.10. The maximum absolute atomic E-state index is 3.24. The van der Waals surface area contributed by atoms with Crippen LogP contribution in [0.4, 0.5) is 0 Å². The van der Waals surface area contributed by atoms with Crippen LogP contribution in [0, 0.1) is 0 Å². The van der Waals surface area contributed by atoms with Gasteiger partial charge < -0.3 is 4.98 Å². The number of allylic oxidation sites excluding steroid dienone is 2. The minimum atomic E-state index is 1.25. The third-order valence-electron chi connectivity index (χ3n) is 2.23. The molecular formula is C10H13N. The fourth-order valence-electron chi connectivity index (χ4n) is 1.61. The zero-order chi connectivity index (χ0) is 7.52. The smallest absolute Gasteiger partial charge is 0.0409 e. The van der Waals surface area contributed by atoms with E-state index in [1.807, 2.05) is 6.20 Å². The number of nitrogens with one attached hydrogen (secondary N) is 1. The van der Waals surface area contributed by atoms with Gasteiger partial charge in [-0.25, -0.2) is 0 Å². The van der Waals surface area contributed by atoms with E-state index in [0.717, 1.165) is 0 Å². The number of aromatic nitrogens is 1. The fourth-order valence-corrected chi connectivity index (χ4v) is 1.61. The predicted octanol–water partition coefficient (Wildman–Crippen LogP) is 2.97. The van der Waals surface area contributed by atoms with Gasteiger partial charge in [0.25, 0.3) is 0 Å². The Labute approximate surface area is 67.1 Å². The summed E-state index contributed by atoms with van der Waals surface area (Å²) in [6.45, 7) is 0. The van der Waals surface area contributed by atoms with Gasteiger partial charge in [0, 0.05) is 11.9 Å². The van der Waals surface area contributed by atoms with E-state index >= 15 is 0 Å². The topological polar surface area (TPSA) is 15.8 Å². The van der Waals surface area contributed by atoms with Crippen LogP contribution in [0.1, 0.15) is 31.4 Å². The number of hydrogen-bond acceptors (Lipinski definition) is 0. The van der Waals surface area contributed by atoms with Crippen molar-refractivity contribution in [2.45, 2.75) is 25.7 Å². The monoisotopic (exact) mass is 147 g/mol. The Morgan fingerprint density at radius 3 is 2.91 bits per heavy atom. The maximum Gasteiger partial charge on any atom is 0.0409 e. The molecule has 0 spiro atoms. The van der Waals surface area contributed by atoms with Crippen molar-refractivity contribution >= 4 is 5.57 Å². The molecule has 0 saturated heterocycles. The van der Waals surface area contributed by atoms with Crippen molar-refractivity contribution in [2.75, 3.05) is 0 Å². The van der Waals surface area contributed by atoms with Gasteiger partial charge in [0.2, 0.25) is 0 Å². The molecule has 1 heterocycles. The van der Waals surface area contributed by atoms with E-state index in [0.29, 0.717) is 0 Å². The first-order valence-corrected chi connectivity index (χ1v) is 4.29. The highest BCUT2D eigenvalue weighted by Crippen LogP contribution is 2.24. The summed E-state index contributed by atoms with van der Waals surface area (Å²) in [6, 6.07) is 4.21.